The van der Waals surface area contributed by atoms with Gasteiger partial charge >= 0.3 is 12.1 Å². The molecule has 0 unspecified atom stereocenters. The van der Waals surface area contributed by atoms with Crippen LogP contribution in [0, 0.1) is 0 Å². The lowest BCUT2D eigenvalue weighted by Crippen LogP contribution is -2.43. The molecule has 0 bridgehead atoms. The maximum atomic E-state index is 13.0. The first-order valence-corrected chi connectivity index (χ1v) is 18.7. The fourth-order valence-electron chi connectivity index (χ4n) is 3.78. The van der Waals surface area contributed by atoms with Crippen LogP contribution < -0.4 is 10.1 Å². The van der Waals surface area contributed by atoms with Crippen molar-refractivity contribution < 1.29 is 28.2 Å². The molecule has 0 aliphatic carbocycles. The molecule has 0 aliphatic heterocycles. The monoisotopic (exact) mass is 623 g/mol. The van der Waals surface area contributed by atoms with Crippen molar-refractivity contribution in [2.24, 2.45) is 0 Å². The van der Waals surface area contributed by atoms with Gasteiger partial charge in [-0.2, -0.15) is 11.8 Å². The first kappa shape index (κ1) is 34.2. The zero-order valence-electron chi connectivity index (χ0n) is 26.0. The van der Waals surface area contributed by atoms with Crippen molar-refractivity contribution >= 4 is 32.1 Å². The van der Waals surface area contributed by atoms with E-state index >= 15 is 0 Å². The average molecular weight is 624 g/mol. The third kappa shape index (κ3) is 12.5. The van der Waals surface area contributed by atoms with Crippen LogP contribution in [0.1, 0.15) is 37.5 Å². The second-order valence-electron chi connectivity index (χ2n) is 11.8. The molecule has 3 rings (SSSR count). The molecular formula is C34H45NO6SSi. The zero-order valence-corrected chi connectivity index (χ0v) is 27.8. The first-order chi connectivity index (χ1) is 20.5. The van der Waals surface area contributed by atoms with E-state index in [1.54, 1.807) is 0 Å². The van der Waals surface area contributed by atoms with Gasteiger partial charge in [-0.15, -0.1) is 0 Å². The number of esters is 1. The number of benzene rings is 3. The molecule has 43 heavy (non-hydrogen) atoms. The van der Waals surface area contributed by atoms with E-state index in [1.807, 2.05) is 96.7 Å². The molecule has 232 valence electrons. The van der Waals surface area contributed by atoms with Gasteiger partial charge in [-0.05, 0) is 47.0 Å². The number of rotatable bonds is 16. The van der Waals surface area contributed by atoms with Crippen LogP contribution in [0.25, 0.3) is 0 Å². The number of thioether (sulfide) groups is 1. The summed E-state index contributed by atoms with van der Waals surface area (Å²) in [5.74, 6) is 2.03. The van der Waals surface area contributed by atoms with Crippen molar-refractivity contribution in [1.82, 2.24) is 5.32 Å². The van der Waals surface area contributed by atoms with Crippen LogP contribution in [0.15, 0.2) is 84.9 Å². The van der Waals surface area contributed by atoms with E-state index in [1.165, 1.54) is 0 Å². The average Bonchev–Trinajstić information content (AvgIpc) is 2.99. The standard InChI is InChI=1S/C34H45NO6SSi/c1-34(2,3)43(4,5)41-21-23-42-22-20-38-30-18-16-27(17-19-30)24-31(32(36)39-25-28-12-8-6-9-13-28)35-33(37)40-26-29-14-10-7-11-15-29/h6-19,31H,20-26H2,1-5H3,(H,35,37)/t31-/m0/s1. The van der Waals surface area contributed by atoms with Crippen molar-refractivity contribution in [1.29, 1.82) is 0 Å². The van der Waals surface area contributed by atoms with Gasteiger partial charge in [0.1, 0.15) is 25.0 Å². The van der Waals surface area contributed by atoms with Crippen LogP contribution in [-0.2, 0) is 38.3 Å². The predicted molar refractivity (Wildman–Crippen MR) is 176 cm³/mol. The summed E-state index contributed by atoms with van der Waals surface area (Å²) in [6.45, 7) is 12.9. The van der Waals surface area contributed by atoms with E-state index in [0.717, 1.165) is 40.6 Å². The second-order valence-corrected chi connectivity index (χ2v) is 17.8. The third-order valence-electron chi connectivity index (χ3n) is 7.37. The van der Waals surface area contributed by atoms with Crippen LogP contribution in [0.2, 0.25) is 18.1 Å². The summed E-state index contributed by atoms with van der Waals surface area (Å²) in [7, 11) is -1.70. The summed E-state index contributed by atoms with van der Waals surface area (Å²) < 4.78 is 23.0. The highest BCUT2D eigenvalue weighted by Gasteiger charge is 2.36. The Kier molecular flexibility index (Phi) is 13.6. The molecule has 7 nitrogen and oxygen atoms in total. The van der Waals surface area contributed by atoms with Crippen LogP contribution in [0.4, 0.5) is 4.79 Å². The van der Waals surface area contributed by atoms with Crippen LogP contribution in [0.3, 0.4) is 0 Å². The molecule has 0 aliphatic rings. The SMILES string of the molecule is CC(C)(C)[Si](C)(C)OCCSCCOc1ccc(C[C@H](NC(=O)OCc2ccccc2)C(=O)OCc2ccccc2)cc1. The molecule has 0 radical (unpaired) electrons. The number of nitrogens with one attached hydrogen (secondary N) is 1. The zero-order chi connectivity index (χ0) is 31.1. The van der Waals surface area contributed by atoms with Gasteiger partial charge in [0.2, 0.25) is 0 Å². The Morgan fingerprint density at radius 2 is 1.33 bits per heavy atom. The smallest absolute Gasteiger partial charge is 0.408 e. The van der Waals surface area contributed by atoms with E-state index in [-0.39, 0.29) is 24.7 Å². The lowest BCUT2D eigenvalue weighted by atomic mass is 10.1. The van der Waals surface area contributed by atoms with E-state index in [9.17, 15) is 9.59 Å². The van der Waals surface area contributed by atoms with Gasteiger partial charge in [0.05, 0.1) is 6.61 Å². The molecule has 3 aromatic rings. The van der Waals surface area contributed by atoms with Gasteiger partial charge in [-0.1, -0.05) is 93.6 Å². The highest BCUT2D eigenvalue weighted by atomic mass is 32.2. The predicted octanol–water partition coefficient (Wildman–Crippen LogP) is 7.40. The van der Waals surface area contributed by atoms with Crippen LogP contribution in [-0.4, -0.2) is 51.1 Å². The van der Waals surface area contributed by atoms with Gasteiger partial charge in [-0.3, -0.25) is 0 Å². The third-order valence-corrected chi connectivity index (χ3v) is 12.8. The number of hydrogen-bond donors (Lipinski definition) is 1. The topological polar surface area (TPSA) is 83.1 Å². The molecule has 0 saturated carbocycles. The maximum Gasteiger partial charge on any atom is 0.408 e. The molecule has 3 aromatic carbocycles. The normalized spacial score (nSPS) is 12.3. The molecule has 0 fully saturated rings. The van der Waals surface area contributed by atoms with Gasteiger partial charge in [0, 0.05) is 24.5 Å². The van der Waals surface area contributed by atoms with Crippen LogP contribution >= 0.6 is 11.8 Å². The minimum atomic E-state index is -1.70. The first-order valence-electron chi connectivity index (χ1n) is 14.6. The van der Waals surface area contributed by atoms with Crippen LogP contribution in [0.5, 0.6) is 5.75 Å². The molecule has 1 atom stereocenters. The van der Waals surface area contributed by atoms with Gasteiger partial charge in [0.15, 0.2) is 8.32 Å². The largest absolute Gasteiger partial charge is 0.493 e. The summed E-state index contributed by atoms with van der Waals surface area (Å²) in [6.07, 6.45) is -0.434. The lowest BCUT2D eigenvalue weighted by Gasteiger charge is -2.36. The van der Waals surface area contributed by atoms with Crippen molar-refractivity contribution in [3.8, 4) is 5.75 Å². The fourth-order valence-corrected chi connectivity index (χ4v) is 5.58. The number of carbonyl (C=O) groups is 2. The molecule has 9 heteroatoms. The van der Waals surface area contributed by atoms with Crippen molar-refractivity contribution in [3.05, 3.63) is 102 Å². The van der Waals surface area contributed by atoms with Gasteiger partial charge in [-0.25, -0.2) is 9.59 Å². The van der Waals surface area contributed by atoms with Gasteiger partial charge < -0.3 is 24.0 Å². The molecule has 0 aromatic heterocycles. The number of carbonyl (C=O) groups excluding carboxylic acids is 2. The van der Waals surface area contributed by atoms with Gasteiger partial charge in [0.25, 0.3) is 0 Å². The Balaban J connectivity index is 1.47. The summed E-state index contributed by atoms with van der Waals surface area (Å²) in [5.41, 5.74) is 2.58. The molecular weight excluding hydrogens is 579 g/mol. The summed E-state index contributed by atoms with van der Waals surface area (Å²) in [5, 5.41) is 2.90. The summed E-state index contributed by atoms with van der Waals surface area (Å²) >= 11 is 1.82. The Bertz CT molecular complexity index is 1250. The van der Waals surface area contributed by atoms with E-state index in [0.29, 0.717) is 6.61 Å². The van der Waals surface area contributed by atoms with E-state index in [4.69, 9.17) is 18.6 Å². The number of amides is 1. The minimum Gasteiger partial charge on any atom is -0.493 e. The fraction of sp³-hybridized carbons (Fsp3) is 0.412. The van der Waals surface area contributed by atoms with Crippen molar-refractivity contribution in [2.75, 3.05) is 24.7 Å². The van der Waals surface area contributed by atoms with Crippen molar-refractivity contribution in [2.45, 2.75) is 64.6 Å². The maximum absolute atomic E-state index is 13.0. The lowest BCUT2D eigenvalue weighted by molar-refractivity contribution is -0.147. The Hall–Kier alpha value is -3.27. The molecule has 1 N–H and O–H groups in total. The number of hydrogen-bond acceptors (Lipinski definition) is 7. The summed E-state index contributed by atoms with van der Waals surface area (Å²) in [6, 6.07) is 25.4. The van der Waals surface area contributed by atoms with E-state index in [2.05, 4.69) is 39.2 Å². The second kappa shape index (κ2) is 17.1. The van der Waals surface area contributed by atoms with E-state index < -0.39 is 26.4 Å². The Morgan fingerprint density at radius 3 is 1.91 bits per heavy atom. The number of alkyl carbamates (subject to hydrolysis) is 1. The van der Waals surface area contributed by atoms with Crippen molar-refractivity contribution in [3.63, 3.8) is 0 Å². The quantitative estimate of drug-likeness (QED) is 0.101. The molecule has 0 saturated heterocycles. The minimum absolute atomic E-state index is 0.104. The highest BCUT2D eigenvalue weighted by molar-refractivity contribution is 7.99. The molecule has 1 amide bonds. The Morgan fingerprint density at radius 1 is 0.767 bits per heavy atom. The Labute approximate surface area is 261 Å². The molecule has 0 heterocycles. The molecule has 0 spiro atoms. The highest BCUT2D eigenvalue weighted by Crippen LogP contribution is 2.36. The number of ether oxygens (including phenoxy) is 3. The summed E-state index contributed by atoms with van der Waals surface area (Å²) in [4.78, 5) is 25.6.